The first kappa shape index (κ1) is 18.8. The predicted octanol–water partition coefficient (Wildman–Crippen LogP) is 2.17. The minimum absolute atomic E-state index is 0.0817. The second-order valence-corrected chi connectivity index (χ2v) is 5.01. The van der Waals surface area contributed by atoms with Gasteiger partial charge in [0.05, 0.1) is 33.1 Å². The lowest BCUT2D eigenvalue weighted by Gasteiger charge is -2.13. The highest BCUT2D eigenvalue weighted by molar-refractivity contribution is 5.99. The van der Waals surface area contributed by atoms with Gasteiger partial charge in [-0.3, -0.25) is 4.79 Å². The van der Waals surface area contributed by atoms with Crippen LogP contribution in [-0.2, 0) is 0 Å². The van der Waals surface area contributed by atoms with E-state index < -0.39 is 11.9 Å². The van der Waals surface area contributed by atoms with Crippen LogP contribution < -0.4 is 19.6 Å². The summed E-state index contributed by atoms with van der Waals surface area (Å²) in [7, 11) is 4.35. The van der Waals surface area contributed by atoms with E-state index in [9.17, 15) is 9.59 Å². The van der Waals surface area contributed by atoms with Crippen molar-refractivity contribution in [2.24, 2.45) is 5.10 Å². The van der Waals surface area contributed by atoms with Crippen LogP contribution in [0, 0.1) is 0 Å². The molecule has 136 valence electrons. The lowest BCUT2D eigenvalue weighted by atomic mass is 10.1. The van der Waals surface area contributed by atoms with Gasteiger partial charge in [0, 0.05) is 11.1 Å². The summed E-state index contributed by atoms with van der Waals surface area (Å²) in [6, 6.07) is 9.28. The Morgan fingerprint density at radius 2 is 1.65 bits per heavy atom. The first-order chi connectivity index (χ1) is 12.5. The fourth-order valence-corrected chi connectivity index (χ4v) is 2.24. The Morgan fingerprint density at radius 3 is 2.19 bits per heavy atom. The third kappa shape index (κ3) is 4.10. The maximum atomic E-state index is 12.3. The Morgan fingerprint density at radius 1 is 1.04 bits per heavy atom. The Labute approximate surface area is 150 Å². The lowest BCUT2D eigenvalue weighted by molar-refractivity contribution is 0.0696. The van der Waals surface area contributed by atoms with E-state index >= 15 is 0 Å². The minimum Gasteiger partial charge on any atom is -0.493 e. The third-order valence-electron chi connectivity index (χ3n) is 3.49. The molecule has 0 fully saturated rings. The molecule has 0 aliphatic heterocycles. The molecule has 2 N–H and O–H groups in total. The van der Waals surface area contributed by atoms with Crippen molar-refractivity contribution in [2.45, 2.75) is 0 Å². The van der Waals surface area contributed by atoms with E-state index in [4.69, 9.17) is 19.3 Å². The number of ether oxygens (including phenoxy) is 3. The number of nitrogens with zero attached hydrogens (tertiary/aromatic N) is 1. The number of hydrazone groups is 1. The van der Waals surface area contributed by atoms with E-state index in [0.717, 1.165) is 0 Å². The summed E-state index contributed by atoms with van der Waals surface area (Å²) in [4.78, 5) is 23.4. The molecule has 0 unspecified atom stereocenters. The number of carboxylic acids is 1. The maximum absolute atomic E-state index is 12.3. The summed E-state index contributed by atoms with van der Waals surface area (Å²) >= 11 is 0. The number of methoxy groups -OCH3 is 3. The molecule has 0 aromatic heterocycles. The summed E-state index contributed by atoms with van der Waals surface area (Å²) in [5, 5.41) is 12.9. The molecule has 0 bridgehead atoms. The van der Waals surface area contributed by atoms with Gasteiger partial charge in [-0.1, -0.05) is 18.2 Å². The van der Waals surface area contributed by atoms with Crippen LogP contribution in [0.5, 0.6) is 17.2 Å². The van der Waals surface area contributed by atoms with Crippen molar-refractivity contribution < 1.29 is 28.9 Å². The average molecular weight is 358 g/mol. The fourth-order valence-electron chi connectivity index (χ4n) is 2.24. The summed E-state index contributed by atoms with van der Waals surface area (Å²) in [5.74, 6) is -0.573. The molecule has 0 heterocycles. The van der Waals surface area contributed by atoms with Crippen molar-refractivity contribution in [1.82, 2.24) is 5.43 Å². The van der Waals surface area contributed by atoms with Crippen LogP contribution in [0.4, 0.5) is 0 Å². The third-order valence-corrected chi connectivity index (χ3v) is 3.49. The number of carboxylic acid groups (broad SMARTS) is 1. The summed E-state index contributed by atoms with van der Waals surface area (Å²) in [5.41, 5.74) is 3.03. The Bertz CT molecular complexity index is 822. The molecule has 2 rings (SSSR count). The molecule has 2 aromatic carbocycles. The van der Waals surface area contributed by atoms with Gasteiger partial charge >= 0.3 is 5.97 Å². The first-order valence-corrected chi connectivity index (χ1v) is 7.47. The predicted molar refractivity (Wildman–Crippen MR) is 94.6 cm³/mol. The van der Waals surface area contributed by atoms with E-state index in [1.165, 1.54) is 45.7 Å². The van der Waals surface area contributed by atoms with Crippen LogP contribution in [-0.4, -0.2) is 44.5 Å². The van der Waals surface area contributed by atoms with Gasteiger partial charge in [0.25, 0.3) is 5.91 Å². The van der Waals surface area contributed by atoms with Gasteiger partial charge in [-0.05, 0) is 18.2 Å². The van der Waals surface area contributed by atoms with Crippen molar-refractivity contribution in [3.63, 3.8) is 0 Å². The van der Waals surface area contributed by atoms with E-state index in [0.29, 0.717) is 22.8 Å². The normalized spacial score (nSPS) is 10.4. The quantitative estimate of drug-likeness (QED) is 0.580. The smallest absolute Gasteiger partial charge is 0.336 e. The zero-order valence-electron chi connectivity index (χ0n) is 14.5. The van der Waals surface area contributed by atoms with Crippen LogP contribution in [0.25, 0.3) is 0 Å². The van der Waals surface area contributed by atoms with Crippen molar-refractivity contribution >= 4 is 18.1 Å². The SMILES string of the molecule is COc1cc(C(=O)N/N=C/c2ccccc2C(=O)O)cc(OC)c1OC. The lowest BCUT2D eigenvalue weighted by Crippen LogP contribution is -2.18. The highest BCUT2D eigenvalue weighted by atomic mass is 16.5. The number of nitrogens with one attached hydrogen (secondary N) is 1. The fraction of sp³-hybridized carbons (Fsp3) is 0.167. The molecular weight excluding hydrogens is 340 g/mol. The average Bonchev–Trinajstić information content (AvgIpc) is 2.66. The van der Waals surface area contributed by atoms with E-state index in [1.807, 2.05) is 0 Å². The maximum Gasteiger partial charge on any atom is 0.336 e. The molecule has 0 spiro atoms. The number of rotatable bonds is 7. The number of benzene rings is 2. The van der Waals surface area contributed by atoms with Crippen LogP contribution in [0.2, 0.25) is 0 Å². The second-order valence-electron chi connectivity index (χ2n) is 5.01. The summed E-state index contributed by atoms with van der Waals surface area (Å²) in [6.45, 7) is 0. The Kier molecular flexibility index (Phi) is 6.15. The highest BCUT2D eigenvalue weighted by Crippen LogP contribution is 2.38. The first-order valence-electron chi connectivity index (χ1n) is 7.47. The van der Waals surface area contributed by atoms with Gasteiger partial charge in [-0.25, -0.2) is 10.2 Å². The number of aromatic carboxylic acids is 1. The molecule has 0 aliphatic rings. The molecule has 8 nitrogen and oxygen atoms in total. The molecule has 8 heteroatoms. The minimum atomic E-state index is -1.08. The molecule has 0 saturated heterocycles. The van der Waals surface area contributed by atoms with Gasteiger partial charge in [-0.15, -0.1) is 0 Å². The van der Waals surface area contributed by atoms with Crippen LogP contribution in [0.15, 0.2) is 41.5 Å². The standard InChI is InChI=1S/C18H18N2O6/c1-24-14-8-12(9-15(25-2)16(14)26-3)17(21)20-19-10-11-6-4-5-7-13(11)18(22)23/h4-10H,1-3H3,(H,20,21)(H,22,23)/b19-10+. The van der Waals surface area contributed by atoms with Crippen molar-refractivity contribution in [3.8, 4) is 17.2 Å². The monoisotopic (exact) mass is 358 g/mol. The number of amides is 1. The molecule has 0 radical (unpaired) electrons. The van der Waals surface area contributed by atoms with Gasteiger partial charge in [0.1, 0.15) is 0 Å². The zero-order valence-corrected chi connectivity index (χ0v) is 14.5. The molecule has 1 amide bonds. The Hall–Kier alpha value is -3.55. The van der Waals surface area contributed by atoms with Crippen molar-refractivity contribution in [2.75, 3.05) is 21.3 Å². The largest absolute Gasteiger partial charge is 0.493 e. The van der Waals surface area contributed by atoms with Gasteiger partial charge in [0.2, 0.25) is 5.75 Å². The van der Waals surface area contributed by atoms with Crippen molar-refractivity contribution in [1.29, 1.82) is 0 Å². The van der Waals surface area contributed by atoms with Crippen LogP contribution >= 0.6 is 0 Å². The topological polar surface area (TPSA) is 106 Å². The summed E-state index contributed by atoms with van der Waals surface area (Å²) < 4.78 is 15.6. The van der Waals surface area contributed by atoms with Crippen LogP contribution in [0.3, 0.4) is 0 Å². The van der Waals surface area contributed by atoms with E-state index in [2.05, 4.69) is 10.5 Å². The van der Waals surface area contributed by atoms with E-state index in [1.54, 1.807) is 18.2 Å². The van der Waals surface area contributed by atoms with Gasteiger partial charge in [0.15, 0.2) is 11.5 Å². The van der Waals surface area contributed by atoms with Gasteiger partial charge in [-0.2, -0.15) is 5.10 Å². The molecule has 0 atom stereocenters. The van der Waals surface area contributed by atoms with E-state index in [-0.39, 0.29) is 11.1 Å². The number of carbonyl (C=O) groups is 2. The molecule has 0 aliphatic carbocycles. The number of hydrogen-bond acceptors (Lipinski definition) is 6. The second kappa shape index (κ2) is 8.52. The Balaban J connectivity index is 2.22. The van der Waals surface area contributed by atoms with Gasteiger partial charge < -0.3 is 19.3 Å². The van der Waals surface area contributed by atoms with Crippen LogP contribution in [0.1, 0.15) is 26.3 Å². The zero-order chi connectivity index (χ0) is 19.1. The number of hydrogen-bond donors (Lipinski definition) is 2. The highest BCUT2D eigenvalue weighted by Gasteiger charge is 2.16. The summed E-state index contributed by atoms with van der Waals surface area (Å²) in [6.07, 6.45) is 1.26. The molecule has 26 heavy (non-hydrogen) atoms. The molecule has 0 saturated carbocycles. The molecule has 2 aromatic rings. The van der Waals surface area contributed by atoms with Crippen molar-refractivity contribution in [3.05, 3.63) is 53.1 Å². The molecular formula is C18H18N2O6. The number of carbonyl (C=O) groups excluding carboxylic acids is 1.